The molecule has 0 aromatic heterocycles. The van der Waals surface area contributed by atoms with Gasteiger partial charge in [-0.1, -0.05) is 84.9 Å². The molecule has 0 aliphatic rings. The Bertz CT molecular complexity index is 3210. The summed E-state index contributed by atoms with van der Waals surface area (Å²) >= 11 is 0. The third kappa shape index (κ3) is 4.20. The van der Waals surface area contributed by atoms with Crippen LogP contribution in [0.4, 0.5) is 0 Å². The normalized spacial score (nSPS) is 12.4. The summed E-state index contributed by atoms with van der Waals surface area (Å²) in [5.74, 6) is 0. The fourth-order valence-electron chi connectivity index (χ4n) is 10.2. The highest BCUT2D eigenvalue weighted by Crippen LogP contribution is 2.48. The maximum Gasteiger partial charge on any atom is -0.00197 e. The maximum absolute atomic E-state index is 2.52. The van der Waals surface area contributed by atoms with E-state index < -0.39 is 0 Å². The zero-order chi connectivity index (χ0) is 36.9. The second-order valence-corrected chi connectivity index (χ2v) is 16.6. The number of hydrogen-bond acceptors (Lipinski definition) is 0. The Kier molecular flexibility index (Phi) is 6.31. The Balaban J connectivity index is 1.23. The van der Waals surface area contributed by atoms with E-state index in [9.17, 15) is 0 Å². The number of rotatable bonds is 2. The smallest absolute Gasteiger partial charge is 0.00197 e. The zero-order valence-corrected chi connectivity index (χ0v) is 32.4. The topological polar surface area (TPSA) is 0 Å². The molecule has 0 saturated carbocycles. The molecule has 0 N–H and O–H groups in total. The van der Waals surface area contributed by atoms with Crippen LogP contribution in [0.15, 0.2) is 109 Å². The molecule has 0 aliphatic heterocycles. The van der Waals surface area contributed by atoms with E-state index in [1.807, 2.05) is 0 Å². The Hall–Kier alpha value is -5.98. The van der Waals surface area contributed by atoms with Gasteiger partial charge in [0.05, 0.1) is 0 Å². The van der Waals surface area contributed by atoms with Gasteiger partial charge in [-0.3, -0.25) is 0 Å². The highest BCUT2D eigenvalue weighted by Gasteiger charge is 2.21. The first kappa shape index (κ1) is 31.5. The summed E-state index contributed by atoms with van der Waals surface area (Å²) in [6.45, 7) is 17.9. The van der Waals surface area contributed by atoms with Crippen LogP contribution in [0.3, 0.4) is 0 Å². The quantitative estimate of drug-likeness (QED) is 0.158. The van der Waals surface area contributed by atoms with Crippen LogP contribution in [0.1, 0.15) is 44.5 Å². The molecular weight excluding hydrogens is 649 g/mol. The molecule has 0 heterocycles. The van der Waals surface area contributed by atoms with Gasteiger partial charge in [0.25, 0.3) is 0 Å². The van der Waals surface area contributed by atoms with Crippen molar-refractivity contribution in [2.45, 2.75) is 55.4 Å². The van der Waals surface area contributed by atoms with Crippen molar-refractivity contribution >= 4 is 86.2 Å². The van der Waals surface area contributed by atoms with Crippen molar-refractivity contribution in [2.24, 2.45) is 0 Å². The van der Waals surface area contributed by atoms with E-state index in [0.29, 0.717) is 0 Å². The number of benzene rings is 9. The van der Waals surface area contributed by atoms with Crippen LogP contribution in [-0.2, 0) is 0 Å². The van der Waals surface area contributed by atoms with E-state index in [1.165, 1.54) is 153 Å². The molecule has 0 saturated heterocycles. The first-order valence-corrected chi connectivity index (χ1v) is 19.4. The highest BCUT2D eigenvalue weighted by molar-refractivity contribution is 6.40. The van der Waals surface area contributed by atoms with E-state index >= 15 is 0 Å². The average Bonchev–Trinajstić information content (AvgIpc) is 3.63. The predicted octanol–water partition coefficient (Wildman–Crippen LogP) is 15.6. The average molecular weight is 691 g/mol. The lowest BCUT2D eigenvalue weighted by molar-refractivity contribution is 1.30. The van der Waals surface area contributed by atoms with E-state index in [2.05, 4.69) is 165 Å². The van der Waals surface area contributed by atoms with Gasteiger partial charge in [0, 0.05) is 0 Å². The van der Waals surface area contributed by atoms with Crippen molar-refractivity contribution in [3.63, 3.8) is 0 Å². The summed E-state index contributed by atoms with van der Waals surface area (Å²) < 4.78 is 0. The molecule has 0 radical (unpaired) electrons. The van der Waals surface area contributed by atoms with E-state index in [4.69, 9.17) is 0 Å². The summed E-state index contributed by atoms with van der Waals surface area (Å²) in [6, 6.07) is 43.3. The van der Waals surface area contributed by atoms with Crippen LogP contribution in [0, 0.1) is 55.4 Å². The SMILES string of the molecule is Cc1cc2c3ccc4c(cc5c6ccc(-c7cc(C)c(C)cc7C)cc6c6cc(C)cc4c65)c3cc3c4ccc(-c5cc(C)c(C)cc5C)cc4c(c1)c23. The molecule has 0 fully saturated rings. The second kappa shape index (κ2) is 10.8. The second-order valence-electron chi connectivity index (χ2n) is 16.6. The van der Waals surface area contributed by atoms with Crippen molar-refractivity contribution < 1.29 is 0 Å². The van der Waals surface area contributed by atoms with Gasteiger partial charge in [0.2, 0.25) is 0 Å². The summed E-state index contributed by atoms with van der Waals surface area (Å²) in [7, 11) is 0. The van der Waals surface area contributed by atoms with Crippen molar-refractivity contribution in [3.05, 3.63) is 154 Å². The lowest BCUT2D eigenvalue weighted by Gasteiger charge is -2.13. The van der Waals surface area contributed by atoms with Crippen LogP contribution in [0.2, 0.25) is 0 Å². The lowest BCUT2D eigenvalue weighted by Crippen LogP contribution is -1.88. The minimum Gasteiger partial charge on any atom is -0.0555 e. The number of fused-ring (bicyclic) bond motifs is 11. The lowest BCUT2D eigenvalue weighted by atomic mass is 9.90. The van der Waals surface area contributed by atoms with Crippen molar-refractivity contribution in [1.29, 1.82) is 0 Å². The van der Waals surface area contributed by atoms with E-state index in [0.717, 1.165) is 0 Å². The zero-order valence-electron chi connectivity index (χ0n) is 32.4. The fraction of sp³-hybridized carbons (Fsp3) is 0.148. The summed E-state index contributed by atoms with van der Waals surface area (Å²) in [6.07, 6.45) is 0. The third-order valence-electron chi connectivity index (χ3n) is 13.1. The van der Waals surface area contributed by atoms with Gasteiger partial charge in [-0.15, -0.1) is 0 Å². The van der Waals surface area contributed by atoms with Gasteiger partial charge >= 0.3 is 0 Å². The van der Waals surface area contributed by atoms with Crippen molar-refractivity contribution in [3.8, 4) is 22.3 Å². The Labute approximate surface area is 316 Å². The molecule has 11 aromatic rings. The number of hydrogen-bond donors (Lipinski definition) is 0. The minimum absolute atomic E-state index is 1.29. The van der Waals surface area contributed by atoms with Gasteiger partial charge in [0.15, 0.2) is 0 Å². The van der Waals surface area contributed by atoms with Gasteiger partial charge < -0.3 is 0 Å². The van der Waals surface area contributed by atoms with Crippen LogP contribution >= 0.6 is 0 Å². The highest BCUT2D eigenvalue weighted by atomic mass is 14.2. The molecular formula is C54H42. The molecule has 0 aliphatic carbocycles. The monoisotopic (exact) mass is 690 g/mol. The molecule has 0 nitrogen and oxygen atoms in total. The molecule has 0 spiro atoms. The predicted molar refractivity (Wildman–Crippen MR) is 238 cm³/mol. The van der Waals surface area contributed by atoms with Crippen molar-refractivity contribution in [2.75, 3.05) is 0 Å². The maximum atomic E-state index is 2.52. The third-order valence-corrected chi connectivity index (χ3v) is 13.1. The van der Waals surface area contributed by atoms with Gasteiger partial charge in [-0.2, -0.15) is 0 Å². The van der Waals surface area contributed by atoms with Crippen LogP contribution < -0.4 is 0 Å². The fourth-order valence-corrected chi connectivity index (χ4v) is 10.2. The first-order valence-electron chi connectivity index (χ1n) is 19.4. The molecule has 0 amide bonds. The van der Waals surface area contributed by atoms with Crippen molar-refractivity contribution in [1.82, 2.24) is 0 Å². The molecule has 0 bridgehead atoms. The molecule has 258 valence electrons. The Morgan fingerprint density at radius 1 is 0.222 bits per heavy atom. The molecule has 0 unspecified atom stereocenters. The summed E-state index contributed by atoms with van der Waals surface area (Å²) in [5, 5.41) is 21.7. The molecule has 11 rings (SSSR count). The van der Waals surface area contributed by atoms with Crippen LogP contribution in [0.5, 0.6) is 0 Å². The van der Waals surface area contributed by atoms with Gasteiger partial charge in [0.1, 0.15) is 0 Å². The molecule has 54 heavy (non-hydrogen) atoms. The van der Waals surface area contributed by atoms with Crippen LogP contribution in [-0.4, -0.2) is 0 Å². The standard InChI is InChI=1S/C54H42/c1-27-15-47-39-13-14-40-46(45(39)25-51-37-11-9-35(23-43(37)49(17-27)53(47)51)41-21-31(5)29(3)19-33(41)7)26-52-38-12-10-36(42-22-32(6)30(4)20-34(42)8)24-44(38)50-18-28(2)16-48(40)54(50)52/h9-26H,1-8H3. The summed E-state index contributed by atoms with van der Waals surface area (Å²) in [5.41, 5.74) is 15.9. The van der Waals surface area contributed by atoms with E-state index in [1.54, 1.807) is 0 Å². The Morgan fingerprint density at radius 3 is 0.907 bits per heavy atom. The largest absolute Gasteiger partial charge is 0.0555 e. The molecule has 0 atom stereocenters. The minimum atomic E-state index is 1.29. The van der Waals surface area contributed by atoms with Crippen LogP contribution in [0.25, 0.3) is 108 Å². The Morgan fingerprint density at radius 2 is 0.519 bits per heavy atom. The van der Waals surface area contributed by atoms with E-state index in [-0.39, 0.29) is 0 Å². The first-order chi connectivity index (χ1) is 26.0. The molecule has 0 heteroatoms. The van der Waals surface area contributed by atoms with Gasteiger partial charge in [-0.05, 0) is 233 Å². The number of aryl methyl sites for hydroxylation is 8. The molecule has 11 aromatic carbocycles. The summed E-state index contributed by atoms with van der Waals surface area (Å²) in [4.78, 5) is 0. The van der Waals surface area contributed by atoms with Gasteiger partial charge in [-0.25, -0.2) is 0 Å².